The van der Waals surface area contributed by atoms with Gasteiger partial charge in [-0.2, -0.15) is 5.26 Å². The number of nitriles is 1. The van der Waals surface area contributed by atoms with Crippen LogP contribution in [0, 0.1) is 11.3 Å². The molecular formula is C20H18N2O3S. The summed E-state index contributed by atoms with van der Waals surface area (Å²) in [6.45, 7) is 0. The smallest absolute Gasteiger partial charge is 0.235 e. The Labute approximate surface area is 152 Å². The molecule has 5 nitrogen and oxygen atoms in total. The summed E-state index contributed by atoms with van der Waals surface area (Å²) in [6, 6.07) is 17.3. The number of allylic oxidation sites excluding steroid dienone is 1. The van der Waals surface area contributed by atoms with Crippen molar-refractivity contribution in [2.45, 2.75) is 29.6 Å². The van der Waals surface area contributed by atoms with Gasteiger partial charge >= 0.3 is 0 Å². The summed E-state index contributed by atoms with van der Waals surface area (Å²) in [5.74, 6) is -0.0741. The zero-order chi connectivity index (χ0) is 18.6. The molecule has 0 bridgehead atoms. The number of rotatable bonds is 5. The maximum Gasteiger partial charge on any atom is 0.235 e. The molecule has 26 heavy (non-hydrogen) atoms. The minimum Gasteiger partial charge on any atom is -0.325 e. The largest absolute Gasteiger partial charge is 0.325 e. The highest BCUT2D eigenvalue weighted by Gasteiger charge is 2.45. The number of carbonyl (C=O) groups excluding carboxylic acids is 1. The molecule has 132 valence electrons. The van der Waals surface area contributed by atoms with Gasteiger partial charge in [0.05, 0.1) is 16.4 Å². The molecule has 1 aliphatic rings. The second-order valence-corrected chi connectivity index (χ2v) is 8.09. The third-order valence-corrected chi connectivity index (χ3v) is 6.15. The number of benzene rings is 2. The van der Waals surface area contributed by atoms with E-state index in [2.05, 4.69) is 5.32 Å². The van der Waals surface area contributed by atoms with Gasteiger partial charge in [-0.1, -0.05) is 36.8 Å². The highest BCUT2D eigenvalue weighted by molar-refractivity contribution is 7.94. The zero-order valence-corrected chi connectivity index (χ0v) is 14.9. The fourth-order valence-electron chi connectivity index (χ4n) is 3.11. The van der Waals surface area contributed by atoms with Crippen LogP contribution in [0.4, 0.5) is 5.69 Å². The van der Waals surface area contributed by atoms with Crippen LogP contribution in [0.3, 0.4) is 0 Å². The fraction of sp³-hybridized carbons (Fsp3) is 0.200. The second kappa shape index (κ2) is 7.14. The molecule has 0 atom stereocenters. The number of amides is 1. The van der Waals surface area contributed by atoms with Crippen LogP contribution in [0.25, 0.3) is 0 Å². The molecule has 3 rings (SSSR count). The Hall–Kier alpha value is -2.91. The summed E-state index contributed by atoms with van der Waals surface area (Å²) >= 11 is 0. The van der Waals surface area contributed by atoms with E-state index in [1.165, 1.54) is 12.1 Å². The summed E-state index contributed by atoms with van der Waals surface area (Å²) in [6.07, 6.45) is 3.34. The van der Waals surface area contributed by atoms with E-state index < -0.39 is 15.3 Å². The number of hydrogen-bond acceptors (Lipinski definition) is 4. The quantitative estimate of drug-likeness (QED) is 0.820. The molecule has 0 saturated heterocycles. The molecule has 0 aromatic heterocycles. The third-order valence-electron chi connectivity index (χ3n) is 4.73. The van der Waals surface area contributed by atoms with Crippen molar-refractivity contribution >= 4 is 21.4 Å². The number of carbonyl (C=O) groups is 1. The molecule has 2 aromatic rings. The van der Waals surface area contributed by atoms with E-state index in [1.807, 2.05) is 30.3 Å². The maximum absolute atomic E-state index is 12.9. The molecule has 1 fully saturated rings. The Morgan fingerprint density at radius 3 is 2.27 bits per heavy atom. The monoisotopic (exact) mass is 366 g/mol. The average molecular weight is 366 g/mol. The summed E-state index contributed by atoms with van der Waals surface area (Å²) in [5.41, 5.74) is 0.922. The van der Waals surface area contributed by atoms with Gasteiger partial charge in [0.15, 0.2) is 0 Å². The van der Waals surface area contributed by atoms with E-state index in [-0.39, 0.29) is 10.8 Å². The summed E-state index contributed by atoms with van der Waals surface area (Å²) in [7, 11) is -3.65. The zero-order valence-electron chi connectivity index (χ0n) is 14.1. The molecule has 0 heterocycles. The molecule has 0 radical (unpaired) electrons. The van der Waals surface area contributed by atoms with Crippen LogP contribution in [0.2, 0.25) is 0 Å². The van der Waals surface area contributed by atoms with Gasteiger partial charge in [-0.25, -0.2) is 8.42 Å². The van der Waals surface area contributed by atoms with Crippen LogP contribution in [-0.2, 0) is 20.0 Å². The van der Waals surface area contributed by atoms with Gasteiger partial charge in [0.1, 0.15) is 0 Å². The number of para-hydroxylation sites is 1. The van der Waals surface area contributed by atoms with Crippen LogP contribution < -0.4 is 5.32 Å². The predicted molar refractivity (Wildman–Crippen MR) is 99.0 cm³/mol. The van der Waals surface area contributed by atoms with Crippen LogP contribution >= 0.6 is 0 Å². The number of anilines is 1. The lowest BCUT2D eigenvalue weighted by Gasteiger charge is -2.40. The van der Waals surface area contributed by atoms with Crippen molar-refractivity contribution in [3.63, 3.8) is 0 Å². The fourth-order valence-corrected chi connectivity index (χ4v) is 4.02. The maximum atomic E-state index is 12.9. The number of hydrogen-bond donors (Lipinski definition) is 1. The third kappa shape index (κ3) is 3.39. The lowest BCUT2D eigenvalue weighted by molar-refractivity contribution is -0.124. The van der Waals surface area contributed by atoms with Gasteiger partial charge in [-0.3, -0.25) is 4.79 Å². The van der Waals surface area contributed by atoms with Crippen LogP contribution in [0.1, 0.15) is 24.8 Å². The SMILES string of the molecule is N#C/C=C/S(=O)(=O)c1ccc(C2(C(=O)Nc3ccccc3)CCC2)cc1. The van der Waals surface area contributed by atoms with Crippen molar-refractivity contribution < 1.29 is 13.2 Å². The Morgan fingerprint density at radius 1 is 1.08 bits per heavy atom. The van der Waals surface area contributed by atoms with Crippen molar-refractivity contribution in [1.29, 1.82) is 5.26 Å². The van der Waals surface area contributed by atoms with E-state index in [0.717, 1.165) is 42.0 Å². The highest BCUT2D eigenvalue weighted by Crippen LogP contribution is 2.44. The number of nitrogens with one attached hydrogen (secondary N) is 1. The summed E-state index contributed by atoms with van der Waals surface area (Å²) < 4.78 is 24.2. The molecular weight excluding hydrogens is 348 g/mol. The van der Waals surface area contributed by atoms with Crippen molar-refractivity contribution in [3.8, 4) is 6.07 Å². The topological polar surface area (TPSA) is 87.0 Å². The first kappa shape index (κ1) is 17.9. The lowest BCUT2D eigenvalue weighted by Crippen LogP contribution is -2.46. The molecule has 0 aliphatic heterocycles. The molecule has 1 N–H and O–H groups in total. The summed E-state index contributed by atoms with van der Waals surface area (Å²) in [5, 5.41) is 12.3. The van der Waals surface area contributed by atoms with Crippen molar-refractivity contribution in [1.82, 2.24) is 0 Å². The highest BCUT2D eigenvalue weighted by atomic mass is 32.2. The van der Waals surface area contributed by atoms with Crippen molar-refractivity contribution in [3.05, 3.63) is 71.6 Å². The lowest BCUT2D eigenvalue weighted by atomic mass is 9.64. The first-order chi connectivity index (χ1) is 12.5. The standard InChI is InChI=1S/C20H18N2O3S/c21-14-5-15-26(24,25)18-10-8-16(9-11-18)20(12-4-13-20)19(23)22-17-6-2-1-3-7-17/h1-3,5-11,15H,4,12-13H2,(H,22,23)/b15-5+. The Morgan fingerprint density at radius 2 is 1.73 bits per heavy atom. The minimum absolute atomic E-state index is 0.0741. The molecule has 0 spiro atoms. The van der Waals surface area contributed by atoms with Crippen LogP contribution in [0.5, 0.6) is 0 Å². The normalized spacial score (nSPS) is 15.8. The van der Waals surface area contributed by atoms with Gasteiger partial charge in [0.2, 0.25) is 15.7 Å². The Balaban J connectivity index is 1.86. The molecule has 1 saturated carbocycles. The van der Waals surface area contributed by atoms with E-state index in [0.29, 0.717) is 0 Å². The first-order valence-electron chi connectivity index (χ1n) is 8.26. The summed E-state index contributed by atoms with van der Waals surface area (Å²) in [4.78, 5) is 13.0. The second-order valence-electron chi connectivity index (χ2n) is 6.26. The van der Waals surface area contributed by atoms with E-state index in [9.17, 15) is 13.2 Å². The van der Waals surface area contributed by atoms with Crippen molar-refractivity contribution in [2.75, 3.05) is 5.32 Å². The number of sulfone groups is 1. The molecule has 0 unspecified atom stereocenters. The molecule has 1 amide bonds. The van der Waals surface area contributed by atoms with Gasteiger partial charge < -0.3 is 5.32 Å². The predicted octanol–water partition coefficient (Wildman–Crippen LogP) is 3.56. The van der Waals surface area contributed by atoms with Crippen LogP contribution in [-0.4, -0.2) is 14.3 Å². The molecule has 1 aliphatic carbocycles. The van der Waals surface area contributed by atoms with Gasteiger partial charge in [-0.05, 0) is 42.7 Å². The average Bonchev–Trinajstić information content (AvgIpc) is 2.60. The van der Waals surface area contributed by atoms with Gasteiger partial charge in [-0.15, -0.1) is 0 Å². The first-order valence-corrected chi connectivity index (χ1v) is 9.81. The van der Waals surface area contributed by atoms with E-state index in [1.54, 1.807) is 18.2 Å². The van der Waals surface area contributed by atoms with E-state index in [4.69, 9.17) is 5.26 Å². The Bertz CT molecular complexity index is 968. The van der Waals surface area contributed by atoms with E-state index >= 15 is 0 Å². The molecule has 6 heteroatoms. The minimum atomic E-state index is -3.65. The molecule has 2 aromatic carbocycles. The Kier molecular flexibility index (Phi) is 4.92. The number of nitrogens with zero attached hydrogens (tertiary/aromatic N) is 1. The van der Waals surface area contributed by atoms with Gasteiger partial charge in [0.25, 0.3) is 0 Å². The van der Waals surface area contributed by atoms with Crippen molar-refractivity contribution in [2.24, 2.45) is 0 Å². The van der Waals surface area contributed by atoms with Gasteiger partial charge in [0, 0.05) is 17.2 Å². The van der Waals surface area contributed by atoms with Crippen LogP contribution in [0.15, 0.2) is 71.0 Å².